The Kier molecular flexibility index (Phi) is 6.54. The molecule has 0 saturated carbocycles. The average Bonchev–Trinajstić information content (AvgIpc) is 2.55. The number of aliphatic carboxylic acids is 1. The van der Waals surface area contributed by atoms with Gasteiger partial charge in [-0.05, 0) is 37.8 Å². The van der Waals surface area contributed by atoms with Crippen molar-refractivity contribution < 1.29 is 24.5 Å². The van der Waals surface area contributed by atoms with Crippen LogP contribution in [0.4, 0.5) is 0 Å². The Balaban J connectivity index is 2.11. The SMILES string of the molecule is CC1(C)OC[C@@H](C/C=C\CCC(=O)O)[C@@H](c2ccccc2CO)O1. The van der Waals surface area contributed by atoms with E-state index in [0.29, 0.717) is 13.0 Å². The highest BCUT2D eigenvalue weighted by Gasteiger charge is 2.37. The predicted molar refractivity (Wildman–Crippen MR) is 90.3 cm³/mol. The summed E-state index contributed by atoms with van der Waals surface area (Å²) in [6.07, 6.45) is 5.11. The number of hydrogen-bond donors (Lipinski definition) is 2. The number of carboxylic acid groups (broad SMARTS) is 1. The fraction of sp³-hybridized carbons (Fsp3) is 0.526. The van der Waals surface area contributed by atoms with Crippen molar-refractivity contribution in [2.45, 2.75) is 51.6 Å². The smallest absolute Gasteiger partial charge is 0.303 e. The number of aliphatic hydroxyl groups is 1. The third kappa shape index (κ3) is 5.16. The second-order valence-corrected chi connectivity index (χ2v) is 6.51. The third-order valence-electron chi connectivity index (χ3n) is 4.15. The molecule has 2 N–H and O–H groups in total. The summed E-state index contributed by atoms with van der Waals surface area (Å²) in [6, 6.07) is 7.74. The monoisotopic (exact) mass is 334 g/mol. The summed E-state index contributed by atoms with van der Waals surface area (Å²) < 4.78 is 11.9. The summed E-state index contributed by atoms with van der Waals surface area (Å²) in [4.78, 5) is 10.5. The number of allylic oxidation sites excluding steroid dienone is 2. The van der Waals surface area contributed by atoms with Gasteiger partial charge in [0.05, 0.1) is 19.3 Å². The highest BCUT2D eigenvalue weighted by Crippen LogP contribution is 2.39. The normalized spacial score (nSPS) is 23.5. The van der Waals surface area contributed by atoms with Gasteiger partial charge in [-0.25, -0.2) is 0 Å². The van der Waals surface area contributed by atoms with Crippen LogP contribution in [-0.2, 0) is 20.9 Å². The van der Waals surface area contributed by atoms with Gasteiger partial charge >= 0.3 is 5.97 Å². The van der Waals surface area contributed by atoms with Crippen LogP contribution in [0.25, 0.3) is 0 Å². The van der Waals surface area contributed by atoms with Gasteiger partial charge in [-0.1, -0.05) is 36.4 Å². The molecule has 1 aliphatic rings. The molecule has 0 unspecified atom stereocenters. The zero-order valence-electron chi connectivity index (χ0n) is 14.3. The van der Waals surface area contributed by atoms with Gasteiger partial charge in [0.15, 0.2) is 5.79 Å². The predicted octanol–water partition coefficient (Wildman–Crippen LogP) is 3.43. The van der Waals surface area contributed by atoms with E-state index in [1.54, 1.807) is 0 Å². The highest BCUT2D eigenvalue weighted by atomic mass is 16.7. The first kappa shape index (κ1) is 18.6. The van der Waals surface area contributed by atoms with Gasteiger partial charge in [0.25, 0.3) is 0 Å². The van der Waals surface area contributed by atoms with Crippen LogP contribution in [0, 0.1) is 5.92 Å². The van der Waals surface area contributed by atoms with Gasteiger partial charge in [-0.2, -0.15) is 0 Å². The molecule has 5 nitrogen and oxygen atoms in total. The molecule has 1 aliphatic heterocycles. The molecular formula is C19H26O5. The van der Waals surface area contributed by atoms with E-state index < -0.39 is 11.8 Å². The quantitative estimate of drug-likeness (QED) is 0.747. The minimum atomic E-state index is -0.791. The first-order valence-electron chi connectivity index (χ1n) is 8.30. The van der Waals surface area contributed by atoms with Crippen LogP contribution in [0.2, 0.25) is 0 Å². The molecule has 1 fully saturated rings. The molecule has 0 spiro atoms. The Hall–Kier alpha value is -1.69. The molecule has 2 atom stereocenters. The lowest BCUT2D eigenvalue weighted by Crippen LogP contribution is -2.41. The van der Waals surface area contributed by atoms with Gasteiger partial charge in [-0.15, -0.1) is 0 Å². The van der Waals surface area contributed by atoms with Crippen molar-refractivity contribution in [3.05, 3.63) is 47.5 Å². The van der Waals surface area contributed by atoms with Crippen LogP contribution in [-0.4, -0.2) is 28.6 Å². The Morgan fingerprint density at radius 3 is 2.79 bits per heavy atom. The van der Waals surface area contributed by atoms with E-state index in [1.165, 1.54) is 0 Å². The Morgan fingerprint density at radius 1 is 1.33 bits per heavy atom. The maximum atomic E-state index is 10.5. The molecule has 5 heteroatoms. The van der Waals surface area contributed by atoms with E-state index in [2.05, 4.69) is 0 Å². The van der Waals surface area contributed by atoms with Crippen molar-refractivity contribution in [2.75, 3.05) is 6.61 Å². The lowest BCUT2D eigenvalue weighted by Gasteiger charge is -2.41. The minimum absolute atomic E-state index is 0.0293. The molecule has 0 radical (unpaired) electrons. The summed E-state index contributed by atoms with van der Waals surface area (Å²) in [6.45, 7) is 4.31. The fourth-order valence-electron chi connectivity index (χ4n) is 2.89. The van der Waals surface area contributed by atoms with Crippen molar-refractivity contribution in [1.82, 2.24) is 0 Å². The average molecular weight is 334 g/mol. The number of rotatable bonds is 7. The van der Waals surface area contributed by atoms with Crippen molar-refractivity contribution in [2.24, 2.45) is 5.92 Å². The lowest BCUT2D eigenvalue weighted by molar-refractivity contribution is -0.295. The van der Waals surface area contributed by atoms with E-state index >= 15 is 0 Å². The Labute approximate surface area is 142 Å². The van der Waals surface area contributed by atoms with Crippen molar-refractivity contribution >= 4 is 5.97 Å². The summed E-state index contributed by atoms with van der Waals surface area (Å²) in [5, 5.41) is 18.3. The molecular weight excluding hydrogens is 308 g/mol. The van der Waals surface area contributed by atoms with Gasteiger partial charge in [0, 0.05) is 12.3 Å². The largest absolute Gasteiger partial charge is 0.481 e. The summed E-state index contributed by atoms with van der Waals surface area (Å²) in [5.74, 6) is -1.34. The standard InChI is InChI=1S/C19H26O5/c1-19(2)23-13-15(9-4-3-5-11-17(21)22)18(24-19)16-10-7-6-8-14(16)12-20/h3-4,6-8,10,15,18,20H,5,9,11-13H2,1-2H3,(H,21,22)/b4-3-/t15-,18+/m1/s1. The number of benzene rings is 1. The maximum absolute atomic E-state index is 10.5. The van der Waals surface area contributed by atoms with E-state index in [-0.39, 0.29) is 25.0 Å². The second kappa shape index (κ2) is 8.42. The van der Waals surface area contributed by atoms with E-state index in [4.69, 9.17) is 14.6 Å². The lowest BCUT2D eigenvalue weighted by atomic mass is 9.89. The maximum Gasteiger partial charge on any atom is 0.303 e. The molecule has 0 amide bonds. The molecule has 1 heterocycles. The van der Waals surface area contributed by atoms with Crippen molar-refractivity contribution in [1.29, 1.82) is 0 Å². The fourth-order valence-corrected chi connectivity index (χ4v) is 2.89. The van der Waals surface area contributed by atoms with E-state index in [9.17, 15) is 9.90 Å². The number of carbonyl (C=O) groups is 1. The van der Waals surface area contributed by atoms with E-state index in [1.807, 2.05) is 50.3 Å². The van der Waals surface area contributed by atoms with Crippen LogP contribution in [0.1, 0.15) is 50.3 Å². The Morgan fingerprint density at radius 2 is 2.08 bits per heavy atom. The van der Waals surface area contributed by atoms with Crippen LogP contribution >= 0.6 is 0 Å². The molecule has 0 aromatic heterocycles. The molecule has 1 aromatic rings. The summed E-state index contributed by atoms with van der Waals surface area (Å²) in [7, 11) is 0. The topological polar surface area (TPSA) is 76.0 Å². The molecule has 132 valence electrons. The molecule has 1 aromatic carbocycles. The molecule has 2 rings (SSSR count). The van der Waals surface area contributed by atoms with Crippen molar-refractivity contribution in [3.63, 3.8) is 0 Å². The zero-order valence-corrected chi connectivity index (χ0v) is 14.3. The van der Waals surface area contributed by atoms with Gasteiger partial charge in [0.1, 0.15) is 0 Å². The highest BCUT2D eigenvalue weighted by molar-refractivity contribution is 5.66. The third-order valence-corrected chi connectivity index (χ3v) is 4.15. The second-order valence-electron chi connectivity index (χ2n) is 6.51. The minimum Gasteiger partial charge on any atom is -0.481 e. The van der Waals surface area contributed by atoms with Crippen LogP contribution in [0.5, 0.6) is 0 Å². The van der Waals surface area contributed by atoms with Gasteiger partial charge in [0.2, 0.25) is 0 Å². The zero-order chi connectivity index (χ0) is 17.6. The molecule has 0 bridgehead atoms. The molecule has 24 heavy (non-hydrogen) atoms. The van der Waals surface area contributed by atoms with Gasteiger partial charge in [-0.3, -0.25) is 4.79 Å². The summed E-state index contributed by atoms with van der Waals surface area (Å²) >= 11 is 0. The Bertz CT molecular complexity index is 579. The number of ether oxygens (including phenoxy) is 2. The summed E-state index contributed by atoms with van der Waals surface area (Å²) in [5.41, 5.74) is 1.85. The first-order valence-corrected chi connectivity index (χ1v) is 8.30. The number of aliphatic hydroxyl groups excluding tert-OH is 1. The van der Waals surface area contributed by atoms with Crippen molar-refractivity contribution in [3.8, 4) is 0 Å². The van der Waals surface area contributed by atoms with Gasteiger partial charge < -0.3 is 19.7 Å². The van der Waals surface area contributed by atoms with Crippen LogP contribution in [0.3, 0.4) is 0 Å². The van der Waals surface area contributed by atoms with E-state index in [0.717, 1.165) is 17.5 Å². The molecule has 1 saturated heterocycles. The van der Waals surface area contributed by atoms with Crippen LogP contribution in [0.15, 0.2) is 36.4 Å². The number of carboxylic acids is 1. The first-order chi connectivity index (χ1) is 11.4. The number of hydrogen-bond acceptors (Lipinski definition) is 4. The molecule has 0 aliphatic carbocycles. The van der Waals surface area contributed by atoms with Crippen LogP contribution < -0.4 is 0 Å².